The van der Waals surface area contributed by atoms with Gasteiger partial charge in [-0.15, -0.1) is 10.2 Å². The summed E-state index contributed by atoms with van der Waals surface area (Å²) in [6.45, 7) is 9.37. The molecule has 2 heterocycles. The van der Waals surface area contributed by atoms with E-state index in [0.29, 0.717) is 73.2 Å². The number of hydrogen-bond donors (Lipinski definition) is 1. The molecule has 33 heavy (non-hydrogen) atoms. The number of carbonyl (C=O) groups excluding carboxylic acids is 2. The SMILES string of the molecule is CCOc1cc(C(=O)N2CCN(c3nnc(SCC(N)=O)s3)CC2)cc(OCC)c1OCC. The summed E-state index contributed by atoms with van der Waals surface area (Å²) < 4.78 is 17.9. The van der Waals surface area contributed by atoms with E-state index in [1.165, 1.54) is 23.1 Å². The predicted molar refractivity (Wildman–Crippen MR) is 128 cm³/mol. The van der Waals surface area contributed by atoms with Gasteiger partial charge in [0.05, 0.1) is 25.6 Å². The Labute approximate surface area is 201 Å². The number of nitrogens with two attached hydrogens (primary N) is 1. The van der Waals surface area contributed by atoms with Gasteiger partial charge < -0.3 is 29.7 Å². The number of benzene rings is 1. The van der Waals surface area contributed by atoms with Crippen LogP contribution in [0.4, 0.5) is 5.13 Å². The lowest BCUT2D eigenvalue weighted by Crippen LogP contribution is -2.48. The molecule has 1 saturated heterocycles. The van der Waals surface area contributed by atoms with Gasteiger partial charge in [-0.05, 0) is 32.9 Å². The number of carbonyl (C=O) groups is 2. The van der Waals surface area contributed by atoms with E-state index in [1.807, 2.05) is 20.8 Å². The van der Waals surface area contributed by atoms with Gasteiger partial charge >= 0.3 is 0 Å². The molecule has 2 amide bonds. The summed E-state index contributed by atoms with van der Waals surface area (Å²) in [5, 5.41) is 9.08. The summed E-state index contributed by atoms with van der Waals surface area (Å²) in [5.41, 5.74) is 5.68. The molecule has 0 aliphatic carbocycles. The van der Waals surface area contributed by atoms with Crippen molar-refractivity contribution in [1.82, 2.24) is 15.1 Å². The van der Waals surface area contributed by atoms with Gasteiger partial charge in [0.25, 0.3) is 5.91 Å². The highest BCUT2D eigenvalue weighted by Gasteiger charge is 2.26. The number of ether oxygens (including phenoxy) is 3. The quantitative estimate of drug-likeness (QED) is 0.468. The van der Waals surface area contributed by atoms with Crippen molar-refractivity contribution in [2.45, 2.75) is 25.1 Å². The smallest absolute Gasteiger partial charge is 0.254 e. The highest BCUT2D eigenvalue weighted by molar-refractivity contribution is 8.01. The molecule has 2 N–H and O–H groups in total. The van der Waals surface area contributed by atoms with Crippen LogP contribution in [0.5, 0.6) is 17.2 Å². The largest absolute Gasteiger partial charge is 0.490 e. The van der Waals surface area contributed by atoms with Crippen molar-refractivity contribution in [3.63, 3.8) is 0 Å². The first-order valence-electron chi connectivity index (χ1n) is 10.8. The fourth-order valence-electron chi connectivity index (χ4n) is 3.32. The Morgan fingerprint density at radius 2 is 1.61 bits per heavy atom. The summed E-state index contributed by atoms with van der Waals surface area (Å²) in [5.74, 6) is 1.22. The van der Waals surface area contributed by atoms with E-state index in [4.69, 9.17) is 19.9 Å². The van der Waals surface area contributed by atoms with Gasteiger partial charge in [-0.2, -0.15) is 0 Å². The van der Waals surface area contributed by atoms with Crippen molar-refractivity contribution < 1.29 is 23.8 Å². The van der Waals surface area contributed by atoms with Crippen molar-refractivity contribution in [3.05, 3.63) is 17.7 Å². The molecule has 3 rings (SSSR count). The van der Waals surface area contributed by atoms with E-state index in [1.54, 1.807) is 17.0 Å². The summed E-state index contributed by atoms with van der Waals surface area (Å²) in [7, 11) is 0. The Kier molecular flexibility index (Phi) is 9.01. The summed E-state index contributed by atoms with van der Waals surface area (Å²) in [4.78, 5) is 28.1. The third-order valence-electron chi connectivity index (χ3n) is 4.73. The molecule has 12 heteroatoms. The van der Waals surface area contributed by atoms with Crippen molar-refractivity contribution in [3.8, 4) is 17.2 Å². The van der Waals surface area contributed by atoms with Crippen LogP contribution < -0.4 is 24.8 Å². The molecule has 1 aliphatic rings. The lowest BCUT2D eigenvalue weighted by Gasteiger charge is -2.34. The van der Waals surface area contributed by atoms with Gasteiger partial charge in [0.2, 0.25) is 16.8 Å². The molecule has 0 atom stereocenters. The Morgan fingerprint density at radius 3 is 2.15 bits per heavy atom. The van der Waals surface area contributed by atoms with Gasteiger partial charge in [0.1, 0.15) is 0 Å². The van der Waals surface area contributed by atoms with Crippen LogP contribution in [-0.4, -0.2) is 78.7 Å². The molecule has 0 radical (unpaired) electrons. The number of aromatic nitrogens is 2. The van der Waals surface area contributed by atoms with E-state index in [2.05, 4.69) is 15.1 Å². The maximum absolute atomic E-state index is 13.3. The Bertz CT molecular complexity index is 935. The molecule has 0 unspecified atom stereocenters. The molecule has 0 spiro atoms. The first kappa shape index (κ1) is 24.9. The maximum atomic E-state index is 13.3. The lowest BCUT2D eigenvalue weighted by molar-refractivity contribution is -0.115. The molecule has 1 aromatic heterocycles. The molecule has 0 saturated carbocycles. The highest BCUT2D eigenvalue weighted by atomic mass is 32.2. The minimum Gasteiger partial charge on any atom is -0.490 e. The van der Waals surface area contributed by atoms with E-state index in [0.717, 1.165) is 5.13 Å². The third kappa shape index (κ3) is 6.41. The van der Waals surface area contributed by atoms with Crippen LogP contribution in [0, 0.1) is 0 Å². The van der Waals surface area contributed by atoms with Gasteiger partial charge in [-0.1, -0.05) is 23.1 Å². The van der Waals surface area contributed by atoms with Crippen molar-refractivity contribution >= 4 is 40.0 Å². The van der Waals surface area contributed by atoms with E-state index in [-0.39, 0.29) is 11.7 Å². The van der Waals surface area contributed by atoms with Gasteiger partial charge in [0, 0.05) is 31.7 Å². The van der Waals surface area contributed by atoms with Crippen molar-refractivity contribution in [2.75, 3.05) is 56.7 Å². The Balaban J connectivity index is 1.69. The second-order valence-electron chi connectivity index (χ2n) is 6.99. The average molecular weight is 496 g/mol. The number of nitrogens with zero attached hydrogens (tertiary/aromatic N) is 4. The van der Waals surface area contributed by atoms with Crippen LogP contribution in [0.1, 0.15) is 31.1 Å². The molecule has 180 valence electrons. The third-order valence-corrected chi connectivity index (χ3v) is 6.87. The lowest BCUT2D eigenvalue weighted by atomic mass is 10.1. The molecular formula is C21H29N5O5S2. The number of hydrogen-bond acceptors (Lipinski definition) is 10. The van der Waals surface area contributed by atoms with E-state index >= 15 is 0 Å². The molecule has 1 aromatic carbocycles. The van der Waals surface area contributed by atoms with Crippen molar-refractivity contribution in [1.29, 1.82) is 0 Å². The Hall–Kier alpha value is -2.73. The molecule has 1 aliphatic heterocycles. The predicted octanol–water partition coefficient (Wildman–Crippen LogP) is 2.27. The average Bonchev–Trinajstić information content (AvgIpc) is 3.29. The fraction of sp³-hybridized carbons (Fsp3) is 0.524. The number of amides is 2. The van der Waals surface area contributed by atoms with Crippen LogP contribution in [-0.2, 0) is 4.79 Å². The Morgan fingerprint density at radius 1 is 1.00 bits per heavy atom. The fourth-order valence-corrected chi connectivity index (χ4v) is 4.95. The van der Waals surface area contributed by atoms with Crippen LogP contribution in [0.25, 0.3) is 0 Å². The first-order chi connectivity index (χ1) is 16.0. The summed E-state index contributed by atoms with van der Waals surface area (Å²) >= 11 is 2.69. The number of rotatable bonds is 11. The molecule has 10 nitrogen and oxygen atoms in total. The first-order valence-corrected chi connectivity index (χ1v) is 12.6. The standard InChI is InChI=1S/C21H29N5O5S2/c1-4-29-15-11-14(12-16(30-5-2)18(15)31-6-3)19(28)25-7-9-26(10-8-25)20-23-24-21(33-20)32-13-17(22)27/h11-12H,4-10,13H2,1-3H3,(H2,22,27). The van der Waals surface area contributed by atoms with Crippen molar-refractivity contribution in [2.24, 2.45) is 5.73 Å². The van der Waals surface area contributed by atoms with Gasteiger partial charge in [-0.3, -0.25) is 9.59 Å². The molecule has 2 aromatic rings. The molecule has 0 bridgehead atoms. The summed E-state index contributed by atoms with van der Waals surface area (Å²) in [6.07, 6.45) is 0. The van der Waals surface area contributed by atoms with Gasteiger partial charge in [-0.25, -0.2) is 0 Å². The molecule has 1 fully saturated rings. The second-order valence-corrected chi connectivity index (χ2v) is 9.16. The highest BCUT2D eigenvalue weighted by Crippen LogP contribution is 2.39. The number of thioether (sulfide) groups is 1. The second kappa shape index (κ2) is 11.9. The van der Waals surface area contributed by atoms with Crippen LogP contribution in [0.15, 0.2) is 16.5 Å². The zero-order valence-corrected chi connectivity index (χ0v) is 20.7. The monoisotopic (exact) mass is 495 g/mol. The number of piperazine rings is 1. The minimum absolute atomic E-state index is 0.0884. The number of anilines is 1. The van der Waals surface area contributed by atoms with Crippen LogP contribution in [0.3, 0.4) is 0 Å². The van der Waals surface area contributed by atoms with Gasteiger partial charge in [0.15, 0.2) is 15.8 Å². The zero-order valence-electron chi connectivity index (χ0n) is 19.0. The maximum Gasteiger partial charge on any atom is 0.254 e. The zero-order chi connectivity index (χ0) is 23.8. The topological polar surface area (TPSA) is 120 Å². The normalized spacial score (nSPS) is 13.7. The van der Waals surface area contributed by atoms with E-state index in [9.17, 15) is 9.59 Å². The van der Waals surface area contributed by atoms with E-state index < -0.39 is 5.91 Å². The number of primary amides is 1. The summed E-state index contributed by atoms with van der Waals surface area (Å²) in [6, 6.07) is 3.44. The van der Waals surface area contributed by atoms with Crippen LogP contribution in [0.2, 0.25) is 0 Å². The van der Waals surface area contributed by atoms with Crippen LogP contribution >= 0.6 is 23.1 Å². The minimum atomic E-state index is -0.391. The molecular weight excluding hydrogens is 466 g/mol.